The monoisotopic (exact) mass is 358 g/mol. The molecule has 0 aliphatic heterocycles. The van der Waals surface area contributed by atoms with Crippen molar-refractivity contribution in [3.05, 3.63) is 35.9 Å². The first kappa shape index (κ1) is 22.0. The van der Waals surface area contributed by atoms with Crippen molar-refractivity contribution in [2.75, 3.05) is 25.1 Å². The van der Waals surface area contributed by atoms with Crippen LogP contribution < -0.4 is 5.73 Å². The normalized spacial score (nSPS) is 11.7. The Bertz CT molecular complexity index is 483. The van der Waals surface area contributed by atoms with Gasteiger partial charge in [-0.1, -0.05) is 44.2 Å². The molecule has 0 bridgehead atoms. The molecule has 1 aromatic rings. The van der Waals surface area contributed by atoms with Crippen molar-refractivity contribution >= 4 is 35.9 Å². The lowest BCUT2D eigenvalue weighted by atomic mass is 10.0. The molecule has 6 heteroatoms. The first-order chi connectivity index (χ1) is 10.4. The van der Waals surface area contributed by atoms with Gasteiger partial charge in [0.2, 0.25) is 5.91 Å². The molecule has 0 radical (unpaired) electrons. The third-order valence-corrected chi connectivity index (χ3v) is 4.55. The van der Waals surface area contributed by atoms with E-state index in [-0.39, 0.29) is 30.1 Å². The third kappa shape index (κ3) is 8.39. The van der Waals surface area contributed by atoms with Crippen molar-refractivity contribution in [1.82, 2.24) is 4.90 Å². The summed E-state index contributed by atoms with van der Waals surface area (Å²) in [6.07, 6.45) is 0.799. The number of Topliss-reactive ketones (excluding diaryl/α,β-unsaturated/α-hetero) is 1. The van der Waals surface area contributed by atoms with Gasteiger partial charge in [0.1, 0.15) is 0 Å². The number of nitrogens with two attached hydrogens (primary N) is 1. The molecular weight excluding hydrogens is 332 g/mol. The number of rotatable bonds is 9. The van der Waals surface area contributed by atoms with E-state index in [4.69, 9.17) is 5.73 Å². The van der Waals surface area contributed by atoms with E-state index in [0.29, 0.717) is 29.5 Å². The Balaban J connectivity index is 0.00000484. The van der Waals surface area contributed by atoms with Crippen LogP contribution in [0.2, 0.25) is 0 Å². The van der Waals surface area contributed by atoms with Crippen molar-refractivity contribution in [1.29, 1.82) is 0 Å². The van der Waals surface area contributed by atoms with Crippen LogP contribution >= 0.6 is 24.2 Å². The van der Waals surface area contributed by atoms with Crippen LogP contribution in [0.25, 0.3) is 0 Å². The highest BCUT2D eigenvalue weighted by atomic mass is 35.5. The van der Waals surface area contributed by atoms with Gasteiger partial charge in [-0.15, -0.1) is 24.2 Å². The molecular formula is C17H27ClN2O2S. The highest BCUT2D eigenvalue weighted by molar-refractivity contribution is 8.00. The van der Waals surface area contributed by atoms with Crippen LogP contribution in [0.3, 0.4) is 0 Å². The smallest absolute Gasteiger partial charge is 0.232 e. The molecule has 23 heavy (non-hydrogen) atoms. The molecule has 1 rings (SSSR count). The van der Waals surface area contributed by atoms with E-state index in [2.05, 4.69) is 13.8 Å². The molecule has 1 amide bonds. The lowest BCUT2D eigenvalue weighted by Gasteiger charge is -2.21. The highest BCUT2D eigenvalue weighted by Gasteiger charge is 2.13. The Morgan fingerprint density at radius 2 is 1.78 bits per heavy atom. The molecule has 2 N–H and O–H groups in total. The topological polar surface area (TPSA) is 63.4 Å². The van der Waals surface area contributed by atoms with Gasteiger partial charge in [-0.25, -0.2) is 0 Å². The third-order valence-electron chi connectivity index (χ3n) is 3.63. The average molecular weight is 359 g/mol. The number of amides is 1. The van der Waals surface area contributed by atoms with E-state index in [1.54, 1.807) is 24.1 Å². The van der Waals surface area contributed by atoms with Crippen molar-refractivity contribution in [3.63, 3.8) is 0 Å². The number of thioether (sulfide) groups is 1. The molecule has 0 heterocycles. The first-order valence-electron chi connectivity index (χ1n) is 7.57. The molecule has 0 aliphatic carbocycles. The number of ketones is 1. The maximum Gasteiger partial charge on any atom is 0.232 e. The minimum absolute atomic E-state index is 0. The fraction of sp³-hybridized carbons (Fsp3) is 0.529. The van der Waals surface area contributed by atoms with E-state index < -0.39 is 0 Å². The van der Waals surface area contributed by atoms with Gasteiger partial charge in [0.15, 0.2) is 5.78 Å². The molecule has 1 aromatic carbocycles. The number of carbonyl (C=O) groups excluding carboxylic acids is 2. The minimum Gasteiger partial charge on any atom is -0.345 e. The van der Waals surface area contributed by atoms with Crippen molar-refractivity contribution in [2.24, 2.45) is 11.7 Å². The number of hydrogen-bond donors (Lipinski definition) is 1. The largest absolute Gasteiger partial charge is 0.345 e. The second kappa shape index (κ2) is 11.5. The summed E-state index contributed by atoms with van der Waals surface area (Å²) in [5.74, 6) is 1.17. The first-order valence-corrected chi connectivity index (χ1v) is 8.72. The van der Waals surface area contributed by atoms with Crippen LogP contribution in [-0.2, 0) is 4.79 Å². The number of halogens is 1. The summed E-state index contributed by atoms with van der Waals surface area (Å²) in [6.45, 7) is 4.82. The molecule has 1 unspecified atom stereocenters. The van der Waals surface area contributed by atoms with E-state index in [1.807, 2.05) is 18.2 Å². The maximum absolute atomic E-state index is 12.0. The molecule has 130 valence electrons. The molecule has 0 spiro atoms. The Morgan fingerprint density at radius 3 is 2.35 bits per heavy atom. The van der Waals surface area contributed by atoms with E-state index in [9.17, 15) is 9.59 Å². The van der Waals surface area contributed by atoms with Crippen molar-refractivity contribution in [3.8, 4) is 0 Å². The second-order valence-corrected chi connectivity index (χ2v) is 6.78. The van der Waals surface area contributed by atoms with Gasteiger partial charge in [0.25, 0.3) is 0 Å². The Labute approximate surface area is 149 Å². The van der Waals surface area contributed by atoms with Gasteiger partial charge >= 0.3 is 0 Å². The zero-order chi connectivity index (χ0) is 16.5. The highest BCUT2D eigenvalue weighted by Crippen LogP contribution is 2.09. The van der Waals surface area contributed by atoms with Gasteiger partial charge in [0, 0.05) is 25.2 Å². The summed E-state index contributed by atoms with van der Waals surface area (Å²) in [5.41, 5.74) is 6.67. The van der Waals surface area contributed by atoms with Gasteiger partial charge in [-0.3, -0.25) is 9.59 Å². The zero-order valence-electron chi connectivity index (χ0n) is 14.0. The fourth-order valence-electron chi connectivity index (χ4n) is 1.85. The van der Waals surface area contributed by atoms with Crippen LogP contribution in [0.5, 0.6) is 0 Å². The molecule has 0 fully saturated rings. The maximum atomic E-state index is 12.0. The fourth-order valence-corrected chi connectivity index (χ4v) is 2.70. The summed E-state index contributed by atoms with van der Waals surface area (Å²) in [5, 5.41) is 0. The van der Waals surface area contributed by atoms with Crippen molar-refractivity contribution < 1.29 is 9.59 Å². The quantitative estimate of drug-likeness (QED) is 0.689. The van der Waals surface area contributed by atoms with Gasteiger partial charge in [0.05, 0.1) is 11.5 Å². The molecule has 0 aliphatic rings. The molecule has 4 nitrogen and oxygen atoms in total. The molecule has 1 atom stereocenters. The lowest BCUT2D eigenvalue weighted by molar-refractivity contribution is -0.127. The van der Waals surface area contributed by atoms with Crippen LogP contribution in [-0.4, -0.2) is 47.7 Å². The standard InChI is InChI=1S/C17H26N2O2S.ClH/c1-13(2)15(18)9-10-19(3)17(21)12-22-11-16(20)14-7-5-4-6-8-14;/h4-8,13,15H,9-12,18H2,1-3H3;1H. The van der Waals surface area contributed by atoms with Gasteiger partial charge < -0.3 is 10.6 Å². The summed E-state index contributed by atoms with van der Waals surface area (Å²) in [4.78, 5) is 25.6. The molecule has 0 aromatic heterocycles. The predicted octanol–water partition coefficient (Wildman–Crippen LogP) is 2.86. The minimum atomic E-state index is 0. The Hall–Kier alpha value is -1.04. The van der Waals surface area contributed by atoms with Crippen LogP contribution in [0.4, 0.5) is 0 Å². The van der Waals surface area contributed by atoms with E-state index >= 15 is 0 Å². The predicted molar refractivity (Wildman–Crippen MR) is 100 cm³/mol. The summed E-state index contributed by atoms with van der Waals surface area (Å²) < 4.78 is 0. The lowest BCUT2D eigenvalue weighted by Crippen LogP contribution is -2.35. The number of nitrogens with zero attached hydrogens (tertiary/aromatic N) is 1. The second-order valence-electron chi connectivity index (χ2n) is 5.79. The molecule has 0 saturated carbocycles. The van der Waals surface area contributed by atoms with Crippen molar-refractivity contribution in [2.45, 2.75) is 26.3 Å². The van der Waals surface area contributed by atoms with Crippen LogP contribution in [0, 0.1) is 5.92 Å². The molecule has 0 saturated heterocycles. The SMILES string of the molecule is CC(C)C(N)CCN(C)C(=O)CSCC(=O)c1ccccc1.Cl. The average Bonchev–Trinajstić information content (AvgIpc) is 2.52. The van der Waals surface area contributed by atoms with Gasteiger partial charge in [-0.2, -0.15) is 0 Å². The van der Waals surface area contributed by atoms with E-state index in [1.165, 1.54) is 11.8 Å². The van der Waals surface area contributed by atoms with Crippen LogP contribution in [0.1, 0.15) is 30.6 Å². The van der Waals surface area contributed by atoms with E-state index in [0.717, 1.165) is 6.42 Å². The number of carbonyl (C=O) groups is 2. The van der Waals surface area contributed by atoms with Crippen LogP contribution in [0.15, 0.2) is 30.3 Å². The summed E-state index contributed by atoms with van der Waals surface area (Å²) in [7, 11) is 1.79. The Morgan fingerprint density at radius 1 is 1.17 bits per heavy atom. The summed E-state index contributed by atoms with van der Waals surface area (Å²) in [6, 6.07) is 9.27. The Kier molecular flexibility index (Phi) is 11.0. The summed E-state index contributed by atoms with van der Waals surface area (Å²) >= 11 is 1.36. The zero-order valence-corrected chi connectivity index (χ0v) is 15.7. The number of benzene rings is 1. The van der Waals surface area contributed by atoms with Gasteiger partial charge in [-0.05, 0) is 12.3 Å². The number of hydrogen-bond acceptors (Lipinski definition) is 4.